The summed E-state index contributed by atoms with van der Waals surface area (Å²) in [6.45, 7) is -0.378. The number of carbonyl (C=O) groups excluding carboxylic acids is 2. The summed E-state index contributed by atoms with van der Waals surface area (Å²) in [4.78, 5) is 26.1. The first-order chi connectivity index (χ1) is 7.70. The van der Waals surface area contributed by atoms with Crippen LogP contribution in [0.2, 0.25) is 0 Å². The zero-order valence-corrected chi connectivity index (χ0v) is 9.77. The van der Waals surface area contributed by atoms with Crippen molar-refractivity contribution in [3.8, 4) is 0 Å². The zero-order valence-electron chi connectivity index (χ0n) is 8.18. The van der Waals surface area contributed by atoms with Gasteiger partial charge in [-0.3, -0.25) is 9.59 Å². The van der Waals surface area contributed by atoms with Crippen LogP contribution >= 0.6 is 15.9 Å². The fourth-order valence-electron chi connectivity index (χ4n) is 1.60. The Labute approximate surface area is 100 Å². The molecule has 16 heavy (non-hydrogen) atoms. The van der Waals surface area contributed by atoms with E-state index in [2.05, 4.69) is 15.9 Å². The lowest BCUT2D eigenvalue weighted by Crippen LogP contribution is -2.30. The molecule has 0 saturated carbocycles. The maximum atomic E-state index is 11.9. The smallest absolute Gasteiger partial charge is 0.265 e. The lowest BCUT2D eigenvalue weighted by atomic mass is 10.1. The van der Waals surface area contributed by atoms with Crippen molar-refractivity contribution in [1.29, 1.82) is 0 Å². The maximum absolute atomic E-state index is 11.9. The molecule has 0 bridgehead atoms. The zero-order chi connectivity index (χ0) is 11.7. The number of rotatable bonds is 2. The van der Waals surface area contributed by atoms with Gasteiger partial charge in [0.15, 0.2) is 0 Å². The molecule has 1 aliphatic rings. The van der Waals surface area contributed by atoms with E-state index < -0.39 is 11.8 Å². The Kier molecular flexibility index (Phi) is 2.89. The van der Waals surface area contributed by atoms with Gasteiger partial charge in [0.25, 0.3) is 11.8 Å². The first kappa shape index (κ1) is 11.0. The van der Waals surface area contributed by atoms with Gasteiger partial charge < -0.3 is 5.11 Å². The second-order valence-corrected chi connectivity index (χ2v) is 3.71. The third-order valence-corrected chi connectivity index (χ3v) is 2.90. The minimum atomic E-state index is -0.402. The van der Waals surface area contributed by atoms with Gasteiger partial charge >= 0.3 is 0 Å². The van der Waals surface area contributed by atoms with Crippen molar-refractivity contribution in [3.63, 3.8) is 0 Å². The fraction of sp³-hybridized carbons (Fsp3) is 0.0909. The highest BCUT2D eigenvalue weighted by atomic mass is 79.9. The standard InChI is InChI=1S/C11H8BrNO3/c12-5-7(6-14)13-10(15)8-3-1-2-4-9(8)11(13)16/h1-5,14H,6H2/b7-5-. The van der Waals surface area contributed by atoms with Gasteiger partial charge in [-0.1, -0.05) is 28.1 Å². The molecule has 1 aromatic carbocycles. The molecule has 0 unspecified atom stereocenters. The van der Waals surface area contributed by atoms with Gasteiger partial charge in [-0.05, 0) is 12.1 Å². The SMILES string of the molecule is O=C1c2ccccc2C(=O)N1/C(=C\Br)CO. The van der Waals surface area contributed by atoms with Crippen molar-refractivity contribution in [2.24, 2.45) is 0 Å². The molecule has 1 heterocycles. The molecule has 1 N–H and O–H groups in total. The second kappa shape index (κ2) is 4.19. The highest BCUT2D eigenvalue weighted by Crippen LogP contribution is 2.26. The van der Waals surface area contributed by atoms with E-state index in [0.29, 0.717) is 11.1 Å². The number of hydrogen-bond acceptors (Lipinski definition) is 3. The number of fused-ring (bicyclic) bond motifs is 1. The van der Waals surface area contributed by atoms with Crippen LogP contribution in [0.15, 0.2) is 34.9 Å². The Bertz CT molecular complexity index is 461. The molecule has 1 aromatic rings. The van der Waals surface area contributed by atoms with E-state index >= 15 is 0 Å². The molecule has 4 nitrogen and oxygen atoms in total. The minimum Gasteiger partial charge on any atom is -0.390 e. The summed E-state index contributed by atoms with van der Waals surface area (Å²) in [7, 11) is 0. The number of benzene rings is 1. The fourth-order valence-corrected chi connectivity index (χ4v) is 1.95. The summed E-state index contributed by atoms with van der Waals surface area (Å²) in [6, 6.07) is 6.59. The summed E-state index contributed by atoms with van der Waals surface area (Å²) in [5.41, 5.74) is 0.965. The Balaban J connectivity index is 2.50. The molecule has 82 valence electrons. The van der Waals surface area contributed by atoms with E-state index in [9.17, 15) is 9.59 Å². The molecule has 5 heteroatoms. The quantitative estimate of drug-likeness (QED) is 0.836. The topological polar surface area (TPSA) is 57.6 Å². The van der Waals surface area contributed by atoms with E-state index in [-0.39, 0.29) is 12.3 Å². The highest BCUT2D eigenvalue weighted by molar-refractivity contribution is 9.11. The number of amides is 2. The lowest BCUT2D eigenvalue weighted by molar-refractivity contribution is 0.0685. The van der Waals surface area contributed by atoms with Gasteiger partial charge in [0, 0.05) is 4.99 Å². The predicted octanol–water partition coefficient (Wildman–Crippen LogP) is 1.51. The van der Waals surface area contributed by atoms with Crippen molar-refractivity contribution in [3.05, 3.63) is 46.1 Å². The van der Waals surface area contributed by atoms with Crippen molar-refractivity contribution in [2.45, 2.75) is 0 Å². The van der Waals surface area contributed by atoms with Gasteiger partial charge in [0.2, 0.25) is 0 Å². The van der Waals surface area contributed by atoms with E-state index in [4.69, 9.17) is 5.11 Å². The number of carbonyl (C=O) groups is 2. The van der Waals surface area contributed by atoms with E-state index in [1.807, 2.05) is 0 Å². The van der Waals surface area contributed by atoms with Crippen LogP contribution in [0.4, 0.5) is 0 Å². The van der Waals surface area contributed by atoms with Crippen LogP contribution < -0.4 is 0 Å². The molecule has 0 radical (unpaired) electrons. The van der Waals surface area contributed by atoms with E-state index in [1.165, 1.54) is 4.99 Å². The summed E-state index contributed by atoms with van der Waals surface area (Å²) in [5.74, 6) is -0.805. The minimum absolute atomic E-state index is 0.228. The van der Waals surface area contributed by atoms with Crippen LogP contribution in [0, 0.1) is 0 Å². The first-order valence-corrected chi connectivity index (χ1v) is 5.50. The molecule has 0 saturated heterocycles. The van der Waals surface area contributed by atoms with Gasteiger partial charge in [-0.2, -0.15) is 0 Å². The Morgan fingerprint density at radius 2 is 1.75 bits per heavy atom. The molecular weight excluding hydrogens is 274 g/mol. The monoisotopic (exact) mass is 281 g/mol. The summed E-state index contributed by atoms with van der Waals surface area (Å²) in [6.07, 6.45) is 0. The van der Waals surface area contributed by atoms with Crippen LogP contribution in [0.1, 0.15) is 20.7 Å². The van der Waals surface area contributed by atoms with Crippen LogP contribution in [0.5, 0.6) is 0 Å². The van der Waals surface area contributed by atoms with Gasteiger partial charge in [0.05, 0.1) is 23.4 Å². The van der Waals surface area contributed by atoms with Gasteiger partial charge in [0.1, 0.15) is 0 Å². The van der Waals surface area contributed by atoms with Gasteiger partial charge in [-0.25, -0.2) is 4.90 Å². The molecule has 0 atom stereocenters. The van der Waals surface area contributed by atoms with Crippen molar-refractivity contribution in [2.75, 3.05) is 6.61 Å². The van der Waals surface area contributed by atoms with Crippen LogP contribution in [-0.2, 0) is 0 Å². The van der Waals surface area contributed by atoms with Crippen LogP contribution in [0.3, 0.4) is 0 Å². The number of aliphatic hydroxyl groups excluding tert-OH is 1. The number of imide groups is 1. The number of nitrogens with zero attached hydrogens (tertiary/aromatic N) is 1. The molecule has 0 aliphatic carbocycles. The average molecular weight is 282 g/mol. The van der Waals surface area contributed by atoms with Crippen molar-refractivity contribution >= 4 is 27.7 Å². The van der Waals surface area contributed by atoms with Crippen molar-refractivity contribution < 1.29 is 14.7 Å². The first-order valence-electron chi connectivity index (χ1n) is 4.58. The van der Waals surface area contributed by atoms with E-state index in [1.54, 1.807) is 24.3 Å². The summed E-state index contributed by atoms with van der Waals surface area (Å²) < 4.78 is 0. The Morgan fingerprint density at radius 3 is 2.12 bits per heavy atom. The lowest BCUT2D eigenvalue weighted by Gasteiger charge is -2.14. The average Bonchev–Trinajstić information content (AvgIpc) is 2.57. The molecule has 0 aromatic heterocycles. The summed E-state index contributed by atoms with van der Waals surface area (Å²) >= 11 is 3.02. The highest BCUT2D eigenvalue weighted by Gasteiger charge is 2.36. The molecule has 2 rings (SSSR count). The third-order valence-electron chi connectivity index (χ3n) is 2.37. The largest absolute Gasteiger partial charge is 0.390 e. The third kappa shape index (κ3) is 1.48. The second-order valence-electron chi connectivity index (χ2n) is 3.25. The molecule has 2 amide bonds. The normalized spacial score (nSPS) is 15.6. The van der Waals surface area contributed by atoms with Crippen LogP contribution in [-0.4, -0.2) is 28.4 Å². The number of hydrogen-bond donors (Lipinski definition) is 1. The molecule has 0 fully saturated rings. The number of aliphatic hydroxyl groups is 1. The molecular formula is C11H8BrNO3. The predicted molar refractivity (Wildman–Crippen MR) is 61.0 cm³/mol. The van der Waals surface area contributed by atoms with Gasteiger partial charge in [-0.15, -0.1) is 0 Å². The Morgan fingerprint density at radius 1 is 1.25 bits per heavy atom. The summed E-state index contributed by atoms with van der Waals surface area (Å²) in [5, 5.41) is 9.06. The van der Waals surface area contributed by atoms with E-state index in [0.717, 1.165) is 4.90 Å². The maximum Gasteiger partial charge on any atom is 0.265 e. The molecule has 0 spiro atoms. The van der Waals surface area contributed by atoms with Crippen molar-refractivity contribution in [1.82, 2.24) is 4.90 Å². The Hall–Kier alpha value is -1.46. The molecule has 1 aliphatic heterocycles. The van der Waals surface area contributed by atoms with Crippen LogP contribution in [0.25, 0.3) is 0 Å². The number of halogens is 1.